The lowest BCUT2D eigenvalue weighted by atomic mass is 10.1. The average Bonchev–Trinajstić information content (AvgIpc) is 2.40. The van der Waals surface area contributed by atoms with Crippen LogP contribution in [0, 0.1) is 23.0 Å². The molecule has 0 bridgehead atoms. The molecular weight excluding hydrogens is 246 g/mol. The van der Waals surface area contributed by atoms with Crippen LogP contribution >= 0.6 is 0 Å². The minimum absolute atomic E-state index is 0.276. The first-order valence-electron chi connectivity index (χ1n) is 5.87. The van der Waals surface area contributed by atoms with Gasteiger partial charge in [0, 0.05) is 6.54 Å². The molecule has 0 aromatic heterocycles. The molecule has 19 heavy (non-hydrogen) atoms. The van der Waals surface area contributed by atoms with Gasteiger partial charge in [0.05, 0.1) is 17.3 Å². The summed E-state index contributed by atoms with van der Waals surface area (Å²) in [5.74, 6) is -0.736. The predicted octanol–water partition coefficient (Wildman–Crippen LogP) is 3.49. The van der Waals surface area contributed by atoms with Gasteiger partial charge in [0.2, 0.25) is 0 Å². The molecule has 0 unspecified atom stereocenters. The van der Waals surface area contributed by atoms with Crippen molar-refractivity contribution in [3.8, 4) is 6.07 Å². The fraction of sp³-hybridized carbons (Fsp3) is 0.133. The van der Waals surface area contributed by atoms with E-state index in [0.717, 1.165) is 5.56 Å². The molecule has 96 valence electrons. The summed E-state index contributed by atoms with van der Waals surface area (Å²) >= 11 is 0. The molecule has 0 saturated carbocycles. The zero-order valence-corrected chi connectivity index (χ0v) is 10.2. The summed E-state index contributed by atoms with van der Waals surface area (Å²) in [7, 11) is 0. The Morgan fingerprint density at radius 3 is 2.63 bits per heavy atom. The van der Waals surface area contributed by atoms with E-state index >= 15 is 0 Å². The van der Waals surface area contributed by atoms with Crippen LogP contribution in [0.5, 0.6) is 0 Å². The van der Waals surface area contributed by atoms with Crippen molar-refractivity contribution in [3.05, 3.63) is 65.2 Å². The van der Waals surface area contributed by atoms with Crippen molar-refractivity contribution in [3.63, 3.8) is 0 Å². The van der Waals surface area contributed by atoms with Crippen LogP contribution in [0.3, 0.4) is 0 Å². The molecule has 0 radical (unpaired) electrons. The Morgan fingerprint density at radius 2 is 1.95 bits per heavy atom. The Labute approximate surface area is 110 Å². The fourth-order valence-corrected chi connectivity index (χ4v) is 1.76. The number of hydrogen-bond donors (Lipinski definition) is 1. The summed E-state index contributed by atoms with van der Waals surface area (Å²) in [6.45, 7) is 0.492. The number of hydrogen-bond acceptors (Lipinski definition) is 2. The molecule has 0 aliphatic heterocycles. The second-order valence-corrected chi connectivity index (χ2v) is 4.11. The van der Waals surface area contributed by atoms with E-state index in [1.165, 1.54) is 24.3 Å². The van der Waals surface area contributed by atoms with Gasteiger partial charge in [0.15, 0.2) is 0 Å². The maximum absolute atomic E-state index is 13.6. The molecule has 1 N–H and O–H groups in total. The first-order valence-corrected chi connectivity index (χ1v) is 5.87. The highest BCUT2D eigenvalue weighted by Crippen LogP contribution is 2.15. The lowest BCUT2D eigenvalue weighted by Gasteiger charge is -2.07. The maximum atomic E-state index is 13.6. The van der Waals surface area contributed by atoms with Crippen molar-refractivity contribution in [1.29, 1.82) is 5.26 Å². The molecule has 0 aliphatic rings. The minimum atomic E-state index is -0.460. The van der Waals surface area contributed by atoms with Gasteiger partial charge in [0.1, 0.15) is 11.6 Å². The third kappa shape index (κ3) is 3.52. The fourth-order valence-electron chi connectivity index (χ4n) is 1.76. The molecule has 0 saturated heterocycles. The van der Waals surface area contributed by atoms with Gasteiger partial charge in [-0.05, 0) is 42.3 Å². The van der Waals surface area contributed by atoms with E-state index in [-0.39, 0.29) is 11.4 Å². The molecule has 0 aliphatic carbocycles. The molecule has 0 atom stereocenters. The van der Waals surface area contributed by atoms with Gasteiger partial charge < -0.3 is 5.32 Å². The number of anilines is 1. The third-order valence-corrected chi connectivity index (χ3v) is 2.72. The molecule has 2 aromatic carbocycles. The minimum Gasteiger partial charge on any atom is -0.382 e. The lowest BCUT2D eigenvalue weighted by Crippen LogP contribution is -2.06. The quantitative estimate of drug-likeness (QED) is 0.911. The van der Waals surface area contributed by atoms with Crippen LogP contribution in [0.15, 0.2) is 42.5 Å². The number of nitrogens with zero attached hydrogens (tertiary/aromatic N) is 1. The van der Waals surface area contributed by atoms with Crippen molar-refractivity contribution < 1.29 is 8.78 Å². The number of nitriles is 1. The van der Waals surface area contributed by atoms with E-state index in [9.17, 15) is 8.78 Å². The Bertz CT molecular complexity index is 618. The average molecular weight is 258 g/mol. The molecule has 0 heterocycles. The monoisotopic (exact) mass is 258 g/mol. The second kappa shape index (κ2) is 5.96. The normalized spacial score (nSPS) is 9.95. The largest absolute Gasteiger partial charge is 0.382 e. The highest BCUT2D eigenvalue weighted by atomic mass is 19.1. The van der Waals surface area contributed by atoms with Crippen LogP contribution in [0.1, 0.15) is 11.1 Å². The number of halogens is 2. The third-order valence-electron chi connectivity index (χ3n) is 2.72. The first kappa shape index (κ1) is 13.0. The standard InChI is InChI=1S/C15H12F2N2/c16-13-3-1-2-11(8-13)6-7-19-15-5-4-12(10-18)9-14(15)17/h1-5,8-9,19H,6-7H2. The SMILES string of the molecule is N#Cc1ccc(NCCc2cccc(F)c2)c(F)c1. The number of rotatable bonds is 4. The molecule has 2 rings (SSSR count). The van der Waals surface area contributed by atoms with Gasteiger partial charge in [0.25, 0.3) is 0 Å². The van der Waals surface area contributed by atoms with Crippen LogP contribution in [0.4, 0.5) is 14.5 Å². The summed E-state index contributed by atoms with van der Waals surface area (Å²) in [6.07, 6.45) is 0.594. The van der Waals surface area contributed by atoms with Crippen molar-refractivity contribution in [2.45, 2.75) is 6.42 Å². The van der Waals surface area contributed by atoms with Crippen LogP contribution in [-0.4, -0.2) is 6.54 Å². The Hall–Kier alpha value is -2.41. The second-order valence-electron chi connectivity index (χ2n) is 4.11. The van der Waals surface area contributed by atoms with E-state index in [0.29, 0.717) is 18.7 Å². The highest BCUT2D eigenvalue weighted by molar-refractivity contribution is 5.48. The van der Waals surface area contributed by atoms with Crippen molar-refractivity contribution in [2.75, 3.05) is 11.9 Å². The van der Waals surface area contributed by atoms with Gasteiger partial charge in [-0.1, -0.05) is 12.1 Å². The molecular formula is C15H12F2N2. The molecule has 0 spiro atoms. The number of nitrogens with one attached hydrogen (secondary N) is 1. The van der Waals surface area contributed by atoms with Gasteiger partial charge in [-0.15, -0.1) is 0 Å². The van der Waals surface area contributed by atoms with E-state index in [1.807, 2.05) is 12.1 Å². The van der Waals surface area contributed by atoms with Gasteiger partial charge in [-0.3, -0.25) is 0 Å². The van der Waals surface area contributed by atoms with Gasteiger partial charge >= 0.3 is 0 Å². The van der Waals surface area contributed by atoms with Crippen LogP contribution in [0.25, 0.3) is 0 Å². The summed E-state index contributed by atoms with van der Waals surface area (Å²) in [4.78, 5) is 0. The summed E-state index contributed by atoms with van der Waals surface area (Å²) < 4.78 is 26.5. The topological polar surface area (TPSA) is 35.8 Å². The highest BCUT2D eigenvalue weighted by Gasteiger charge is 2.03. The molecule has 0 amide bonds. The van der Waals surface area contributed by atoms with E-state index in [2.05, 4.69) is 5.32 Å². The van der Waals surface area contributed by atoms with Gasteiger partial charge in [-0.25, -0.2) is 8.78 Å². The van der Waals surface area contributed by atoms with Crippen molar-refractivity contribution >= 4 is 5.69 Å². The molecule has 2 aromatic rings. The zero-order valence-electron chi connectivity index (χ0n) is 10.2. The Morgan fingerprint density at radius 1 is 1.11 bits per heavy atom. The van der Waals surface area contributed by atoms with Crippen LogP contribution in [-0.2, 0) is 6.42 Å². The molecule has 2 nitrogen and oxygen atoms in total. The summed E-state index contributed by atoms with van der Waals surface area (Å²) in [5, 5.41) is 11.6. The lowest BCUT2D eigenvalue weighted by molar-refractivity contribution is 0.624. The summed E-state index contributed by atoms with van der Waals surface area (Å²) in [6, 6.07) is 12.4. The van der Waals surface area contributed by atoms with Crippen LogP contribution in [0.2, 0.25) is 0 Å². The van der Waals surface area contributed by atoms with E-state index < -0.39 is 5.82 Å². The van der Waals surface area contributed by atoms with E-state index in [4.69, 9.17) is 5.26 Å². The zero-order chi connectivity index (χ0) is 13.7. The Kier molecular flexibility index (Phi) is 4.09. The first-order chi connectivity index (χ1) is 9.19. The van der Waals surface area contributed by atoms with Gasteiger partial charge in [-0.2, -0.15) is 5.26 Å². The predicted molar refractivity (Wildman–Crippen MR) is 69.7 cm³/mol. The smallest absolute Gasteiger partial charge is 0.147 e. The van der Waals surface area contributed by atoms with E-state index in [1.54, 1.807) is 12.1 Å². The number of benzene rings is 2. The molecule has 4 heteroatoms. The van der Waals surface area contributed by atoms with Crippen molar-refractivity contribution in [2.24, 2.45) is 0 Å². The van der Waals surface area contributed by atoms with Crippen molar-refractivity contribution in [1.82, 2.24) is 0 Å². The van der Waals surface area contributed by atoms with Crippen LogP contribution < -0.4 is 5.32 Å². The summed E-state index contributed by atoms with van der Waals surface area (Å²) in [5.41, 5.74) is 1.48. The Balaban J connectivity index is 1.94. The maximum Gasteiger partial charge on any atom is 0.147 e. The molecule has 0 fully saturated rings.